The summed E-state index contributed by atoms with van der Waals surface area (Å²) in [5, 5.41) is 2.76. The van der Waals surface area contributed by atoms with Gasteiger partial charge in [-0.2, -0.15) is 0 Å². The Labute approximate surface area is 257 Å². The average molecular weight is 609 g/mol. The van der Waals surface area contributed by atoms with Crippen molar-refractivity contribution < 1.29 is 28.2 Å². The summed E-state index contributed by atoms with van der Waals surface area (Å²) in [4.78, 5) is 39.4. The predicted octanol–water partition coefficient (Wildman–Crippen LogP) is 7.90. The topological polar surface area (TPSA) is 84.9 Å². The maximum atomic E-state index is 13.6. The maximum Gasteiger partial charge on any atom is 0.333 e. The molecule has 1 aliphatic rings. The first-order valence-electron chi connectivity index (χ1n) is 14.2. The molecule has 0 radical (unpaired) electrons. The summed E-state index contributed by atoms with van der Waals surface area (Å²) < 4.78 is 24.2. The van der Waals surface area contributed by atoms with E-state index in [0.717, 1.165) is 43.0 Å². The fourth-order valence-corrected chi connectivity index (χ4v) is 4.96. The highest BCUT2D eigenvalue weighted by Crippen LogP contribution is 2.42. The molecule has 0 saturated heterocycles. The number of methoxy groups -OCH3 is 1. The van der Waals surface area contributed by atoms with Crippen molar-refractivity contribution in [2.24, 2.45) is 5.41 Å². The third-order valence-electron chi connectivity index (χ3n) is 7.54. The lowest BCUT2D eigenvalue weighted by Gasteiger charge is -2.23. The van der Waals surface area contributed by atoms with Gasteiger partial charge in [-0.3, -0.25) is 9.59 Å². The first-order chi connectivity index (χ1) is 20.5. The Kier molecular flexibility index (Phi) is 11.9. The van der Waals surface area contributed by atoms with Gasteiger partial charge in [0.2, 0.25) is 0 Å². The standard InChI is InChI=1S/C34H38ClFN2O5/c1-6-34(19-17-25(22-34)33(41)43-7-2)18-11-9-8-10-12-23(3)38(4)32(40)24-13-16-29(30(20-24)42-5)37-31(39)27-21-26(36)14-15-28(27)35/h8-16,20-22H,6-7,17-19H2,1-5H3,(H,37,39)/b10-8-,11-9+,23-12+/t34-/m0/s1. The summed E-state index contributed by atoms with van der Waals surface area (Å²) in [6.45, 7) is 6.15. The Morgan fingerprint density at radius 2 is 1.88 bits per heavy atom. The molecule has 0 aromatic heterocycles. The van der Waals surface area contributed by atoms with Crippen LogP contribution in [-0.4, -0.2) is 43.4 Å². The molecule has 0 spiro atoms. The van der Waals surface area contributed by atoms with E-state index in [2.05, 4.69) is 24.4 Å². The molecule has 0 unspecified atom stereocenters. The molecule has 1 atom stereocenters. The Morgan fingerprint density at radius 1 is 1.12 bits per heavy atom. The minimum atomic E-state index is -0.607. The molecule has 0 heterocycles. The van der Waals surface area contributed by atoms with E-state index in [-0.39, 0.29) is 33.6 Å². The van der Waals surface area contributed by atoms with Crippen LogP contribution in [0, 0.1) is 11.2 Å². The molecule has 0 aliphatic heterocycles. The van der Waals surface area contributed by atoms with Crippen molar-refractivity contribution in [2.75, 3.05) is 26.1 Å². The minimum absolute atomic E-state index is 0.0179. The second-order valence-corrected chi connectivity index (χ2v) is 10.7. The van der Waals surface area contributed by atoms with Gasteiger partial charge >= 0.3 is 5.97 Å². The molecule has 43 heavy (non-hydrogen) atoms. The van der Waals surface area contributed by atoms with Gasteiger partial charge in [0.15, 0.2) is 0 Å². The quantitative estimate of drug-likeness (QED) is 0.196. The lowest BCUT2D eigenvalue weighted by molar-refractivity contribution is -0.138. The molecule has 2 aromatic carbocycles. The number of halogens is 2. The van der Waals surface area contributed by atoms with Crippen LogP contribution in [0.15, 0.2) is 84.1 Å². The number of carbonyl (C=O) groups excluding carboxylic acids is 3. The number of ether oxygens (including phenoxy) is 2. The van der Waals surface area contributed by atoms with Crippen LogP contribution in [0.4, 0.5) is 10.1 Å². The summed E-state index contributed by atoms with van der Waals surface area (Å²) in [6.07, 6.45) is 15.2. The van der Waals surface area contributed by atoms with E-state index in [1.165, 1.54) is 30.2 Å². The van der Waals surface area contributed by atoms with Crippen LogP contribution < -0.4 is 10.1 Å². The SMILES string of the molecule is CCOC(=O)C1=C[C@@](CC)(C/C=C/C=C\C=C(/C)N(C)C(=O)c2ccc(NC(=O)c3cc(F)ccc3Cl)c(OC)c2)CC1. The Hall–Kier alpha value is -4.17. The van der Waals surface area contributed by atoms with E-state index in [1.54, 1.807) is 19.2 Å². The predicted molar refractivity (Wildman–Crippen MR) is 168 cm³/mol. The summed E-state index contributed by atoms with van der Waals surface area (Å²) in [6, 6.07) is 8.18. The fraction of sp³-hybridized carbons (Fsp3) is 0.324. The van der Waals surface area contributed by atoms with Gasteiger partial charge in [0.1, 0.15) is 11.6 Å². The molecule has 7 nitrogen and oxygen atoms in total. The molecular weight excluding hydrogens is 571 g/mol. The van der Waals surface area contributed by atoms with Crippen molar-refractivity contribution >= 4 is 35.1 Å². The molecule has 1 aliphatic carbocycles. The summed E-state index contributed by atoms with van der Waals surface area (Å²) in [5.41, 5.74) is 2.10. The Bertz CT molecular complexity index is 1480. The highest BCUT2D eigenvalue weighted by Gasteiger charge is 2.32. The van der Waals surface area contributed by atoms with E-state index >= 15 is 0 Å². The van der Waals surface area contributed by atoms with Crippen molar-refractivity contribution in [3.63, 3.8) is 0 Å². The number of carbonyl (C=O) groups is 3. The first kappa shape index (κ1) is 33.3. The van der Waals surface area contributed by atoms with E-state index in [0.29, 0.717) is 17.9 Å². The van der Waals surface area contributed by atoms with Crippen molar-refractivity contribution in [3.8, 4) is 5.75 Å². The number of nitrogens with one attached hydrogen (secondary N) is 1. The van der Waals surface area contributed by atoms with Gasteiger partial charge in [-0.15, -0.1) is 0 Å². The number of amides is 2. The Balaban J connectivity index is 1.62. The second kappa shape index (κ2) is 15.3. The summed E-state index contributed by atoms with van der Waals surface area (Å²) in [5.74, 6) is -1.41. The van der Waals surface area contributed by atoms with Gasteiger partial charge in [-0.05, 0) is 87.4 Å². The lowest BCUT2D eigenvalue weighted by Crippen LogP contribution is -2.25. The van der Waals surface area contributed by atoms with Crippen LogP contribution in [0.25, 0.3) is 0 Å². The molecule has 0 fully saturated rings. The van der Waals surface area contributed by atoms with E-state index in [4.69, 9.17) is 21.1 Å². The van der Waals surface area contributed by atoms with Gasteiger partial charge in [-0.1, -0.05) is 48.9 Å². The molecule has 0 bridgehead atoms. The highest BCUT2D eigenvalue weighted by atomic mass is 35.5. The van der Waals surface area contributed by atoms with Crippen molar-refractivity contribution in [1.82, 2.24) is 4.90 Å². The monoisotopic (exact) mass is 608 g/mol. The van der Waals surface area contributed by atoms with E-state index in [1.807, 2.05) is 38.2 Å². The molecule has 1 N–H and O–H groups in total. The zero-order valence-electron chi connectivity index (χ0n) is 25.2. The normalized spacial score (nSPS) is 16.8. The van der Waals surface area contributed by atoms with Crippen molar-refractivity contribution in [2.45, 2.75) is 46.5 Å². The molecule has 2 amide bonds. The van der Waals surface area contributed by atoms with Gasteiger partial charge in [0.25, 0.3) is 11.8 Å². The number of esters is 1. The Morgan fingerprint density at radius 3 is 2.58 bits per heavy atom. The van der Waals surface area contributed by atoms with Crippen molar-refractivity contribution in [3.05, 3.63) is 106 Å². The lowest BCUT2D eigenvalue weighted by atomic mass is 9.81. The third-order valence-corrected chi connectivity index (χ3v) is 7.87. The summed E-state index contributed by atoms with van der Waals surface area (Å²) >= 11 is 6.05. The van der Waals surface area contributed by atoms with Gasteiger partial charge in [0, 0.05) is 23.9 Å². The number of benzene rings is 2. The molecule has 9 heteroatoms. The maximum absolute atomic E-state index is 13.6. The number of rotatable bonds is 12. The zero-order valence-corrected chi connectivity index (χ0v) is 26.0. The third kappa shape index (κ3) is 8.67. The largest absolute Gasteiger partial charge is 0.495 e. The van der Waals surface area contributed by atoms with Crippen LogP contribution >= 0.6 is 11.6 Å². The molecule has 2 aromatic rings. The summed E-state index contributed by atoms with van der Waals surface area (Å²) in [7, 11) is 3.09. The van der Waals surface area contributed by atoms with Crippen LogP contribution in [0.5, 0.6) is 5.75 Å². The van der Waals surface area contributed by atoms with Crippen LogP contribution in [0.3, 0.4) is 0 Å². The fourth-order valence-electron chi connectivity index (χ4n) is 4.76. The number of anilines is 1. The van der Waals surface area contributed by atoms with Crippen LogP contribution in [-0.2, 0) is 9.53 Å². The smallest absolute Gasteiger partial charge is 0.333 e. The van der Waals surface area contributed by atoms with Gasteiger partial charge < -0.3 is 19.7 Å². The number of allylic oxidation sites excluding steroid dienone is 7. The van der Waals surface area contributed by atoms with E-state index in [9.17, 15) is 18.8 Å². The second-order valence-electron chi connectivity index (χ2n) is 10.3. The van der Waals surface area contributed by atoms with Gasteiger partial charge in [-0.25, -0.2) is 9.18 Å². The van der Waals surface area contributed by atoms with Crippen LogP contribution in [0.2, 0.25) is 5.02 Å². The highest BCUT2D eigenvalue weighted by molar-refractivity contribution is 6.34. The average Bonchev–Trinajstić information content (AvgIpc) is 3.44. The first-order valence-corrected chi connectivity index (χ1v) is 14.5. The number of hydrogen-bond donors (Lipinski definition) is 1. The van der Waals surface area contributed by atoms with E-state index < -0.39 is 11.7 Å². The number of hydrogen-bond acceptors (Lipinski definition) is 5. The van der Waals surface area contributed by atoms with Crippen LogP contribution in [0.1, 0.15) is 67.2 Å². The zero-order chi connectivity index (χ0) is 31.6. The minimum Gasteiger partial charge on any atom is -0.495 e. The number of nitrogens with zero attached hydrogens (tertiary/aromatic N) is 1. The molecular formula is C34H38ClFN2O5. The molecule has 0 saturated carbocycles. The molecule has 228 valence electrons. The van der Waals surface area contributed by atoms with Gasteiger partial charge in [0.05, 0.1) is 30.0 Å². The molecule has 3 rings (SSSR count). The van der Waals surface area contributed by atoms with Crippen molar-refractivity contribution in [1.29, 1.82) is 0 Å².